The Hall–Kier alpha value is -1.79. The van der Waals surface area contributed by atoms with Crippen LogP contribution in [0.25, 0.3) is 0 Å². The van der Waals surface area contributed by atoms with E-state index >= 15 is 0 Å². The third kappa shape index (κ3) is 2.96. The molecule has 0 radical (unpaired) electrons. The minimum absolute atomic E-state index is 0.0588. The van der Waals surface area contributed by atoms with Crippen molar-refractivity contribution in [2.75, 3.05) is 19.6 Å². The van der Waals surface area contributed by atoms with E-state index in [1.54, 1.807) is 4.90 Å². The molecule has 1 atom stereocenters. The molecule has 1 unspecified atom stereocenters. The number of hydrogen-bond acceptors (Lipinski definition) is 3. The van der Waals surface area contributed by atoms with Crippen molar-refractivity contribution < 1.29 is 14.4 Å². The molecule has 1 aliphatic carbocycles. The van der Waals surface area contributed by atoms with Crippen molar-refractivity contribution >= 4 is 18.0 Å². The fraction of sp³-hybridized carbons (Fsp3) is 0.786. The van der Waals surface area contributed by atoms with Gasteiger partial charge in [0.05, 0.1) is 12.6 Å². The second-order valence-electron chi connectivity index (χ2n) is 6.10. The van der Waals surface area contributed by atoms with Gasteiger partial charge in [0, 0.05) is 19.1 Å². The normalized spacial score (nSPS) is 27.1. The lowest BCUT2D eigenvalue weighted by Crippen LogP contribution is -2.47. The molecule has 2 aliphatic heterocycles. The summed E-state index contributed by atoms with van der Waals surface area (Å²) in [7, 11) is 0. The Labute approximate surface area is 124 Å². The van der Waals surface area contributed by atoms with Gasteiger partial charge in [-0.25, -0.2) is 9.59 Å². The van der Waals surface area contributed by atoms with Crippen LogP contribution in [-0.4, -0.2) is 59.5 Å². The molecule has 21 heavy (non-hydrogen) atoms. The zero-order valence-corrected chi connectivity index (χ0v) is 12.1. The molecule has 0 aromatic heterocycles. The maximum atomic E-state index is 12.2. The molecule has 0 bridgehead atoms. The number of nitrogens with zero attached hydrogens (tertiary/aromatic N) is 2. The lowest BCUT2D eigenvalue weighted by Gasteiger charge is -2.26. The summed E-state index contributed by atoms with van der Waals surface area (Å²) < 4.78 is 0. The highest BCUT2D eigenvalue weighted by Crippen LogP contribution is 2.20. The van der Waals surface area contributed by atoms with E-state index in [0.29, 0.717) is 19.5 Å². The molecule has 3 rings (SSSR count). The van der Waals surface area contributed by atoms with Crippen LogP contribution in [0.15, 0.2) is 0 Å². The number of urea groups is 2. The van der Waals surface area contributed by atoms with Crippen molar-refractivity contribution in [3.8, 4) is 0 Å². The first-order valence-electron chi connectivity index (χ1n) is 7.80. The molecule has 0 spiro atoms. The first-order valence-corrected chi connectivity index (χ1v) is 7.80. The van der Waals surface area contributed by atoms with Gasteiger partial charge >= 0.3 is 12.1 Å². The Morgan fingerprint density at radius 3 is 2.57 bits per heavy atom. The number of likely N-dealkylation sites (tertiary alicyclic amines) is 1. The summed E-state index contributed by atoms with van der Waals surface area (Å²) in [5.41, 5.74) is 0. The van der Waals surface area contributed by atoms with Crippen molar-refractivity contribution in [3.05, 3.63) is 0 Å². The number of amides is 5. The molecule has 0 aromatic carbocycles. The van der Waals surface area contributed by atoms with Gasteiger partial charge in [0.2, 0.25) is 5.91 Å². The summed E-state index contributed by atoms with van der Waals surface area (Å²) in [4.78, 5) is 38.6. The van der Waals surface area contributed by atoms with Crippen molar-refractivity contribution in [2.45, 2.75) is 50.6 Å². The first-order chi connectivity index (χ1) is 10.1. The smallest absolute Gasteiger partial charge is 0.324 e. The van der Waals surface area contributed by atoms with Crippen molar-refractivity contribution in [1.82, 2.24) is 20.4 Å². The maximum absolute atomic E-state index is 12.2. The summed E-state index contributed by atoms with van der Waals surface area (Å²) in [5, 5.41) is 5.60. The predicted molar refractivity (Wildman–Crippen MR) is 75.6 cm³/mol. The molecule has 3 fully saturated rings. The summed E-state index contributed by atoms with van der Waals surface area (Å²) in [5.74, 6) is -0.195. The van der Waals surface area contributed by atoms with Gasteiger partial charge < -0.3 is 15.5 Å². The van der Waals surface area contributed by atoms with Crippen LogP contribution in [0.1, 0.15) is 38.5 Å². The van der Waals surface area contributed by atoms with Crippen LogP contribution >= 0.6 is 0 Å². The van der Waals surface area contributed by atoms with Gasteiger partial charge in [0.1, 0.15) is 0 Å². The maximum Gasteiger partial charge on any atom is 0.324 e. The second-order valence-corrected chi connectivity index (χ2v) is 6.10. The van der Waals surface area contributed by atoms with Crippen molar-refractivity contribution in [2.24, 2.45) is 0 Å². The van der Waals surface area contributed by atoms with E-state index in [1.807, 2.05) is 0 Å². The SMILES string of the molecule is O=C(NC1CCCCC1)N1CCC(N2C(=O)CNC2=O)C1. The monoisotopic (exact) mass is 294 g/mol. The largest absolute Gasteiger partial charge is 0.335 e. The molecule has 116 valence electrons. The van der Waals surface area contributed by atoms with Gasteiger partial charge in [-0.05, 0) is 19.3 Å². The minimum Gasteiger partial charge on any atom is -0.335 e. The standard InChI is InChI=1S/C14H22N4O3/c19-12-8-15-13(20)18(12)11-6-7-17(9-11)14(21)16-10-4-2-1-3-5-10/h10-11H,1-9H2,(H,15,20)(H,16,21). The van der Waals surface area contributed by atoms with E-state index in [2.05, 4.69) is 10.6 Å². The van der Waals surface area contributed by atoms with E-state index in [-0.39, 0.29) is 36.6 Å². The highest BCUT2D eigenvalue weighted by molar-refractivity contribution is 6.02. The summed E-state index contributed by atoms with van der Waals surface area (Å²) in [6, 6.07) is -0.296. The molecular formula is C14H22N4O3. The zero-order valence-electron chi connectivity index (χ0n) is 12.1. The van der Waals surface area contributed by atoms with E-state index in [9.17, 15) is 14.4 Å². The number of carbonyl (C=O) groups excluding carboxylic acids is 3. The Morgan fingerprint density at radius 1 is 1.14 bits per heavy atom. The van der Waals surface area contributed by atoms with Crippen LogP contribution in [0.2, 0.25) is 0 Å². The van der Waals surface area contributed by atoms with E-state index in [0.717, 1.165) is 12.8 Å². The molecule has 2 saturated heterocycles. The Balaban J connectivity index is 1.52. The average molecular weight is 294 g/mol. The molecule has 5 amide bonds. The van der Waals surface area contributed by atoms with Crippen LogP contribution in [0.3, 0.4) is 0 Å². The van der Waals surface area contributed by atoms with E-state index in [1.165, 1.54) is 24.2 Å². The van der Waals surface area contributed by atoms with Crippen LogP contribution in [-0.2, 0) is 4.79 Å². The van der Waals surface area contributed by atoms with E-state index in [4.69, 9.17) is 0 Å². The summed E-state index contributed by atoms with van der Waals surface area (Å²) in [6.45, 7) is 1.11. The van der Waals surface area contributed by atoms with E-state index < -0.39 is 0 Å². The Kier molecular flexibility index (Phi) is 3.98. The fourth-order valence-corrected chi connectivity index (χ4v) is 3.45. The van der Waals surface area contributed by atoms with Gasteiger partial charge in [-0.1, -0.05) is 19.3 Å². The third-order valence-electron chi connectivity index (χ3n) is 4.63. The van der Waals surface area contributed by atoms with Gasteiger partial charge in [-0.3, -0.25) is 9.69 Å². The fourth-order valence-electron chi connectivity index (χ4n) is 3.45. The second kappa shape index (κ2) is 5.91. The third-order valence-corrected chi connectivity index (χ3v) is 4.63. The number of rotatable bonds is 2. The first kappa shape index (κ1) is 14.2. The Bertz CT molecular complexity index is 432. The zero-order chi connectivity index (χ0) is 14.8. The van der Waals surface area contributed by atoms with Crippen LogP contribution in [0.5, 0.6) is 0 Å². The number of nitrogens with one attached hydrogen (secondary N) is 2. The van der Waals surface area contributed by atoms with Gasteiger partial charge in [0.25, 0.3) is 0 Å². The van der Waals surface area contributed by atoms with Crippen LogP contribution < -0.4 is 10.6 Å². The lowest BCUT2D eigenvalue weighted by molar-refractivity contribution is -0.126. The molecule has 0 aromatic rings. The number of carbonyl (C=O) groups is 3. The molecule has 3 aliphatic rings. The van der Waals surface area contributed by atoms with Crippen molar-refractivity contribution in [1.29, 1.82) is 0 Å². The topological polar surface area (TPSA) is 81.8 Å². The Morgan fingerprint density at radius 2 is 1.90 bits per heavy atom. The molecule has 2 heterocycles. The highest BCUT2D eigenvalue weighted by Gasteiger charge is 2.39. The van der Waals surface area contributed by atoms with Gasteiger partial charge in [0.15, 0.2) is 0 Å². The average Bonchev–Trinajstić information content (AvgIpc) is 3.07. The molecule has 1 saturated carbocycles. The summed E-state index contributed by atoms with van der Waals surface area (Å²) in [6.07, 6.45) is 6.37. The number of hydrogen-bond donors (Lipinski definition) is 2. The predicted octanol–water partition coefficient (Wildman–Crippen LogP) is 0.655. The van der Waals surface area contributed by atoms with Crippen LogP contribution in [0.4, 0.5) is 9.59 Å². The highest BCUT2D eigenvalue weighted by atomic mass is 16.2. The molecular weight excluding hydrogens is 272 g/mol. The number of imide groups is 1. The summed E-state index contributed by atoms with van der Waals surface area (Å²) >= 11 is 0. The van der Waals surface area contributed by atoms with Crippen molar-refractivity contribution in [3.63, 3.8) is 0 Å². The lowest BCUT2D eigenvalue weighted by atomic mass is 9.96. The molecule has 7 nitrogen and oxygen atoms in total. The quantitative estimate of drug-likeness (QED) is 0.734. The van der Waals surface area contributed by atoms with Crippen LogP contribution in [0, 0.1) is 0 Å². The van der Waals surface area contributed by atoms with Gasteiger partial charge in [-0.15, -0.1) is 0 Å². The minimum atomic E-state index is -0.334. The van der Waals surface area contributed by atoms with Gasteiger partial charge in [-0.2, -0.15) is 0 Å². The molecule has 7 heteroatoms. The molecule has 2 N–H and O–H groups in total.